The predicted octanol–water partition coefficient (Wildman–Crippen LogP) is 10.1. The van der Waals surface area contributed by atoms with E-state index in [-0.39, 0.29) is 0 Å². The van der Waals surface area contributed by atoms with Gasteiger partial charge in [-0.3, -0.25) is 0 Å². The van der Waals surface area contributed by atoms with E-state index in [2.05, 4.69) is 84.9 Å². The minimum Gasteiger partial charge on any atom is -0.456 e. The normalized spacial score (nSPS) is 11.3. The molecule has 0 bridgehead atoms. The minimum atomic E-state index is 0.613. The van der Waals surface area contributed by atoms with Crippen molar-refractivity contribution in [3.05, 3.63) is 152 Å². The van der Waals surface area contributed by atoms with Crippen molar-refractivity contribution in [2.75, 3.05) is 0 Å². The monoisotopic (exact) mass is 551 g/mol. The van der Waals surface area contributed by atoms with Gasteiger partial charge in [0.1, 0.15) is 11.2 Å². The Morgan fingerprint density at radius 2 is 0.884 bits per heavy atom. The van der Waals surface area contributed by atoms with Crippen LogP contribution in [0.4, 0.5) is 0 Å². The van der Waals surface area contributed by atoms with Crippen molar-refractivity contribution in [1.82, 2.24) is 15.0 Å². The van der Waals surface area contributed by atoms with Gasteiger partial charge in [-0.15, -0.1) is 0 Å². The standard InChI is InChI=1S/C39H25N3O/c1-4-12-26(13-5-1)29-18-10-19-30(24-29)38-40-37(28-16-8-3-9-17-28)41-39(42-38)31-22-23-34-33(25-31)36-32(20-11-21-35(36)43-34)27-14-6-2-7-15-27/h1-25H. The fourth-order valence-corrected chi connectivity index (χ4v) is 5.64. The zero-order valence-electron chi connectivity index (χ0n) is 23.2. The van der Waals surface area contributed by atoms with Crippen LogP contribution < -0.4 is 0 Å². The Morgan fingerprint density at radius 1 is 0.349 bits per heavy atom. The van der Waals surface area contributed by atoms with E-state index in [1.54, 1.807) is 0 Å². The zero-order valence-corrected chi connectivity index (χ0v) is 23.2. The maximum atomic E-state index is 6.29. The lowest BCUT2D eigenvalue weighted by molar-refractivity contribution is 0.669. The Bertz CT molecular complexity index is 2220. The number of rotatable bonds is 5. The molecule has 8 aromatic rings. The Morgan fingerprint density at radius 3 is 1.58 bits per heavy atom. The van der Waals surface area contributed by atoms with Crippen LogP contribution >= 0.6 is 0 Å². The predicted molar refractivity (Wildman–Crippen MR) is 174 cm³/mol. The third kappa shape index (κ3) is 4.65. The minimum absolute atomic E-state index is 0.613. The Labute approximate surface area is 249 Å². The molecule has 0 saturated heterocycles. The molecule has 6 aromatic carbocycles. The van der Waals surface area contributed by atoms with E-state index in [0.29, 0.717) is 17.5 Å². The van der Waals surface area contributed by atoms with E-state index in [1.807, 2.05) is 66.7 Å². The fraction of sp³-hybridized carbons (Fsp3) is 0. The van der Waals surface area contributed by atoms with Gasteiger partial charge < -0.3 is 4.42 Å². The molecular formula is C39H25N3O. The molecule has 0 N–H and O–H groups in total. The molecule has 4 heteroatoms. The van der Waals surface area contributed by atoms with Gasteiger partial charge in [0.05, 0.1) is 0 Å². The Balaban J connectivity index is 1.32. The first kappa shape index (κ1) is 24.9. The van der Waals surface area contributed by atoms with Crippen molar-refractivity contribution in [3.63, 3.8) is 0 Å². The van der Waals surface area contributed by atoms with Gasteiger partial charge in [-0.2, -0.15) is 0 Å². The van der Waals surface area contributed by atoms with Gasteiger partial charge in [-0.1, -0.05) is 121 Å². The molecule has 0 radical (unpaired) electrons. The van der Waals surface area contributed by atoms with E-state index >= 15 is 0 Å². The third-order valence-corrected chi connectivity index (χ3v) is 7.73. The van der Waals surface area contributed by atoms with Gasteiger partial charge in [-0.25, -0.2) is 15.0 Å². The summed E-state index contributed by atoms with van der Waals surface area (Å²) in [5.74, 6) is 1.87. The van der Waals surface area contributed by atoms with Crippen LogP contribution in [-0.2, 0) is 0 Å². The highest BCUT2D eigenvalue weighted by molar-refractivity contribution is 6.13. The second-order valence-electron chi connectivity index (χ2n) is 10.5. The third-order valence-electron chi connectivity index (χ3n) is 7.73. The van der Waals surface area contributed by atoms with Crippen LogP contribution in [0.1, 0.15) is 0 Å². The number of hydrogen-bond donors (Lipinski definition) is 0. The first-order valence-electron chi connectivity index (χ1n) is 14.3. The van der Waals surface area contributed by atoms with E-state index in [9.17, 15) is 0 Å². The van der Waals surface area contributed by atoms with Crippen LogP contribution in [0.15, 0.2) is 156 Å². The lowest BCUT2D eigenvalue weighted by Gasteiger charge is -2.10. The number of nitrogens with zero attached hydrogens (tertiary/aromatic N) is 3. The summed E-state index contributed by atoms with van der Waals surface area (Å²) in [7, 11) is 0. The van der Waals surface area contributed by atoms with Crippen molar-refractivity contribution in [3.8, 4) is 56.4 Å². The van der Waals surface area contributed by atoms with E-state index in [1.165, 1.54) is 0 Å². The van der Waals surface area contributed by atoms with Gasteiger partial charge in [0.25, 0.3) is 0 Å². The van der Waals surface area contributed by atoms with Crippen molar-refractivity contribution in [2.24, 2.45) is 0 Å². The van der Waals surface area contributed by atoms with Crippen molar-refractivity contribution < 1.29 is 4.42 Å². The molecule has 0 spiro atoms. The molecule has 2 aromatic heterocycles. The molecule has 0 aliphatic rings. The van der Waals surface area contributed by atoms with Crippen LogP contribution in [0.2, 0.25) is 0 Å². The second-order valence-corrected chi connectivity index (χ2v) is 10.5. The molecule has 0 atom stereocenters. The molecule has 2 heterocycles. The molecule has 202 valence electrons. The number of fused-ring (bicyclic) bond motifs is 3. The molecule has 43 heavy (non-hydrogen) atoms. The summed E-state index contributed by atoms with van der Waals surface area (Å²) in [6, 6.07) is 51.6. The van der Waals surface area contributed by atoms with Crippen molar-refractivity contribution >= 4 is 21.9 Å². The molecular weight excluding hydrogens is 526 g/mol. The molecule has 0 fully saturated rings. The SMILES string of the molecule is c1ccc(-c2cccc(-c3nc(-c4ccccc4)nc(-c4ccc5oc6cccc(-c7ccccc7)c6c5c4)n3)c2)cc1. The lowest BCUT2D eigenvalue weighted by Crippen LogP contribution is -2.00. The summed E-state index contributed by atoms with van der Waals surface area (Å²) in [5, 5.41) is 2.11. The van der Waals surface area contributed by atoms with E-state index in [0.717, 1.165) is 60.9 Å². The van der Waals surface area contributed by atoms with Gasteiger partial charge in [-0.05, 0) is 52.6 Å². The van der Waals surface area contributed by atoms with Crippen molar-refractivity contribution in [1.29, 1.82) is 0 Å². The number of benzene rings is 6. The van der Waals surface area contributed by atoms with Gasteiger partial charge in [0.15, 0.2) is 17.5 Å². The van der Waals surface area contributed by atoms with E-state index in [4.69, 9.17) is 19.4 Å². The first-order valence-corrected chi connectivity index (χ1v) is 14.3. The highest BCUT2D eigenvalue weighted by atomic mass is 16.3. The first-order chi connectivity index (χ1) is 21.3. The van der Waals surface area contributed by atoms with Crippen LogP contribution in [0.5, 0.6) is 0 Å². The molecule has 0 aliphatic carbocycles. The fourth-order valence-electron chi connectivity index (χ4n) is 5.64. The van der Waals surface area contributed by atoms with Gasteiger partial charge >= 0.3 is 0 Å². The lowest BCUT2D eigenvalue weighted by atomic mass is 9.99. The topological polar surface area (TPSA) is 51.8 Å². The van der Waals surface area contributed by atoms with E-state index < -0.39 is 0 Å². The zero-order chi connectivity index (χ0) is 28.6. The summed E-state index contributed by atoms with van der Waals surface area (Å²) < 4.78 is 6.29. The molecule has 4 nitrogen and oxygen atoms in total. The largest absolute Gasteiger partial charge is 0.456 e. The molecule has 0 unspecified atom stereocenters. The van der Waals surface area contributed by atoms with Crippen LogP contribution in [0, 0.1) is 0 Å². The van der Waals surface area contributed by atoms with Gasteiger partial charge in [0.2, 0.25) is 0 Å². The number of furan rings is 1. The number of hydrogen-bond acceptors (Lipinski definition) is 4. The average Bonchev–Trinajstić information content (AvgIpc) is 3.47. The summed E-state index contributed by atoms with van der Waals surface area (Å²) >= 11 is 0. The maximum absolute atomic E-state index is 6.29. The molecule has 0 aliphatic heterocycles. The van der Waals surface area contributed by atoms with Crippen LogP contribution in [-0.4, -0.2) is 15.0 Å². The van der Waals surface area contributed by atoms with Crippen molar-refractivity contribution in [2.45, 2.75) is 0 Å². The van der Waals surface area contributed by atoms with Gasteiger partial charge in [0, 0.05) is 27.5 Å². The highest BCUT2D eigenvalue weighted by Gasteiger charge is 2.17. The Kier molecular flexibility index (Phi) is 6.08. The van der Waals surface area contributed by atoms with Crippen LogP contribution in [0.3, 0.4) is 0 Å². The summed E-state index contributed by atoms with van der Waals surface area (Å²) in [5.41, 5.74) is 8.99. The Hall–Kier alpha value is -5.87. The maximum Gasteiger partial charge on any atom is 0.164 e. The van der Waals surface area contributed by atoms with Crippen LogP contribution in [0.25, 0.3) is 78.4 Å². The summed E-state index contributed by atoms with van der Waals surface area (Å²) in [6.07, 6.45) is 0. The highest BCUT2D eigenvalue weighted by Crippen LogP contribution is 2.38. The second kappa shape index (κ2) is 10.5. The number of aromatic nitrogens is 3. The smallest absolute Gasteiger partial charge is 0.164 e. The molecule has 0 saturated carbocycles. The molecule has 0 amide bonds. The summed E-state index contributed by atoms with van der Waals surface area (Å²) in [4.78, 5) is 15.0. The average molecular weight is 552 g/mol. The quantitative estimate of drug-likeness (QED) is 0.214. The molecule has 8 rings (SSSR count). The summed E-state index contributed by atoms with van der Waals surface area (Å²) in [6.45, 7) is 0.